The number of hydrogen-bond donors (Lipinski definition) is 0. The van der Waals surface area contributed by atoms with Gasteiger partial charge in [-0.25, -0.2) is 0 Å². The molecule has 0 radical (unpaired) electrons. The molecule has 186 valence electrons. The third-order valence-electron chi connectivity index (χ3n) is 6.12. The lowest BCUT2D eigenvalue weighted by molar-refractivity contribution is -0.125. The molecule has 0 bridgehead atoms. The summed E-state index contributed by atoms with van der Waals surface area (Å²) < 4.78 is 22.8. The molecule has 0 unspecified atom stereocenters. The van der Waals surface area contributed by atoms with E-state index < -0.39 is 0 Å². The molecular weight excluding hydrogens is 514 g/mol. The second-order valence-electron chi connectivity index (χ2n) is 8.67. The van der Waals surface area contributed by atoms with Crippen molar-refractivity contribution in [3.8, 4) is 11.5 Å². The smallest absolute Gasteiger partial charge is 0.255 e. The molecule has 2 aliphatic heterocycles. The van der Waals surface area contributed by atoms with Crippen molar-refractivity contribution in [2.45, 2.75) is 19.8 Å². The molecule has 0 atom stereocenters. The second-order valence-corrected chi connectivity index (χ2v) is 9.53. The van der Waals surface area contributed by atoms with Gasteiger partial charge in [-0.05, 0) is 54.2 Å². The summed E-state index contributed by atoms with van der Waals surface area (Å²) in [7, 11) is 7.21. The maximum atomic E-state index is 14.2. The second kappa shape index (κ2) is 10.7. The fourth-order valence-electron chi connectivity index (χ4n) is 4.10. The summed E-state index contributed by atoms with van der Waals surface area (Å²) >= 11 is 3.60. The van der Waals surface area contributed by atoms with Gasteiger partial charge in [0, 0.05) is 54.3 Å². The number of rotatable bonds is 7. The highest BCUT2D eigenvalue weighted by Crippen LogP contribution is 2.41. The predicted molar refractivity (Wildman–Crippen MR) is 138 cm³/mol. The Bertz CT molecular complexity index is 1180. The van der Waals surface area contributed by atoms with Crippen LogP contribution in [-0.4, -0.2) is 70.1 Å². The first-order valence-corrected chi connectivity index (χ1v) is 12.1. The minimum absolute atomic E-state index is 0.106. The number of aliphatic imine (C=N–C) groups is 1. The molecule has 1 aliphatic carbocycles. The van der Waals surface area contributed by atoms with E-state index in [-0.39, 0.29) is 12.7 Å². The average Bonchev–Trinajstić information content (AvgIpc) is 3.15. The van der Waals surface area contributed by atoms with Gasteiger partial charge in [0.05, 0.1) is 25.6 Å². The van der Waals surface area contributed by atoms with E-state index >= 15 is 0 Å². The summed E-state index contributed by atoms with van der Waals surface area (Å²) in [6.07, 6.45) is 6.60. The molecular formula is C26H30BrN3O5. The fourth-order valence-corrected chi connectivity index (χ4v) is 4.52. The molecule has 9 heteroatoms. The van der Waals surface area contributed by atoms with Crippen molar-refractivity contribution in [2.75, 3.05) is 48.2 Å². The van der Waals surface area contributed by atoms with Crippen LogP contribution < -0.4 is 9.47 Å². The monoisotopic (exact) mass is 543 g/mol. The third kappa shape index (κ3) is 5.31. The van der Waals surface area contributed by atoms with E-state index in [0.29, 0.717) is 59.0 Å². The van der Waals surface area contributed by atoms with Gasteiger partial charge in [0.1, 0.15) is 5.76 Å². The summed E-state index contributed by atoms with van der Waals surface area (Å²) in [5.74, 6) is 2.55. The van der Waals surface area contributed by atoms with Crippen LogP contribution >= 0.6 is 15.9 Å². The summed E-state index contributed by atoms with van der Waals surface area (Å²) in [4.78, 5) is 22.6. The normalized spacial score (nSPS) is 17.0. The fraction of sp³-hybridized carbons (Fsp3) is 0.385. The van der Waals surface area contributed by atoms with Crippen molar-refractivity contribution < 1.29 is 23.7 Å². The Hall–Kier alpha value is -3.04. The number of ether oxygens (including phenoxy) is 4. The van der Waals surface area contributed by atoms with E-state index in [9.17, 15) is 4.79 Å². The van der Waals surface area contributed by atoms with Crippen LogP contribution in [0.25, 0.3) is 0 Å². The van der Waals surface area contributed by atoms with Crippen LogP contribution in [0.15, 0.2) is 62.1 Å². The molecule has 0 spiro atoms. The highest BCUT2D eigenvalue weighted by Gasteiger charge is 2.29. The van der Waals surface area contributed by atoms with Crippen molar-refractivity contribution in [1.82, 2.24) is 9.80 Å². The van der Waals surface area contributed by atoms with Crippen molar-refractivity contribution >= 4 is 33.7 Å². The standard InChI is InChI=1S/C26H30BrN3O5/c1-16-6-7-22(32-4)23(33-5)13-21(16)30(9-8-29(2)3)26(31)18-10-17-11-24-25(35-15-34-24)12-20(17)28-14-19(18)27/h6,11-14H,7-10,15H2,1-5H3. The first-order chi connectivity index (χ1) is 16.8. The minimum Gasteiger partial charge on any atom is -0.497 e. The van der Waals surface area contributed by atoms with Crippen LogP contribution in [0.3, 0.4) is 0 Å². The van der Waals surface area contributed by atoms with Gasteiger partial charge < -0.3 is 28.7 Å². The van der Waals surface area contributed by atoms with Gasteiger partial charge in [0.25, 0.3) is 5.91 Å². The zero-order chi connectivity index (χ0) is 25.1. The molecule has 3 aliphatic rings. The van der Waals surface area contributed by atoms with Gasteiger partial charge in [-0.2, -0.15) is 0 Å². The quantitative estimate of drug-likeness (QED) is 0.505. The predicted octanol–water partition coefficient (Wildman–Crippen LogP) is 4.45. The number of nitrogens with zero attached hydrogens (tertiary/aromatic N) is 3. The first-order valence-electron chi connectivity index (χ1n) is 11.3. The van der Waals surface area contributed by atoms with E-state index in [2.05, 4.69) is 31.9 Å². The SMILES string of the molecule is COC1=C(OC)CC=C(C)C(N(CCN(C)C)C(=O)C2=C(Br)C=Nc3cc4c(cc3C2)OCO4)=C1. The molecule has 8 nitrogen and oxygen atoms in total. The lowest BCUT2D eigenvalue weighted by atomic mass is 10.0. The number of allylic oxidation sites excluding steroid dienone is 4. The van der Waals surface area contributed by atoms with Crippen molar-refractivity contribution in [3.05, 3.63) is 62.7 Å². The molecule has 0 saturated heterocycles. The summed E-state index contributed by atoms with van der Waals surface area (Å²) in [5, 5.41) is 0. The summed E-state index contributed by atoms with van der Waals surface area (Å²) in [6.45, 7) is 3.37. The largest absolute Gasteiger partial charge is 0.497 e. The summed E-state index contributed by atoms with van der Waals surface area (Å²) in [6, 6.07) is 3.76. The van der Waals surface area contributed by atoms with Gasteiger partial charge in [-0.15, -0.1) is 0 Å². The van der Waals surface area contributed by atoms with E-state index in [0.717, 1.165) is 22.5 Å². The van der Waals surface area contributed by atoms with E-state index in [1.807, 2.05) is 44.1 Å². The van der Waals surface area contributed by atoms with Gasteiger partial charge >= 0.3 is 0 Å². The number of carbonyl (C=O) groups excluding carboxylic acids is 1. The molecule has 0 aromatic heterocycles. The Balaban J connectivity index is 1.74. The Morgan fingerprint density at radius 2 is 1.89 bits per heavy atom. The maximum absolute atomic E-state index is 14.2. The van der Waals surface area contributed by atoms with Crippen LogP contribution in [0, 0.1) is 0 Å². The van der Waals surface area contributed by atoms with Gasteiger partial charge in [0.15, 0.2) is 17.3 Å². The van der Waals surface area contributed by atoms with Crippen molar-refractivity contribution in [3.63, 3.8) is 0 Å². The highest BCUT2D eigenvalue weighted by atomic mass is 79.9. The van der Waals surface area contributed by atoms with Gasteiger partial charge in [-0.1, -0.05) is 6.08 Å². The van der Waals surface area contributed by atoms with Crippen LogP contribution in [0.4, 0.5) is 5.69 Å². The lowest BCUT2D eigenvalue weighted by Crippen LogP contribution is -2.38. The van der Waals surface area contributed by atoms with Gasteiger partial charge in [-0.3, -0.25) is 9.79 Å². The molecule has 1 aromatic rings. The van der Waals surface area contributed by atoms with Crippen molar-refractivity contribution in [1.29, 1.82) is 0 Å². The number of halogens is 1. The third-order valence-corrected chi connectivity index (χ3v) is 6.80. The number of hydrogen-bond acceptors (Lipinski definition) is 7. The Morgan fingerprint density at radius 3 is 2.57 bits per heavy atom. The minimum atomic E-state index is -0.106. The van der Waals surface area contributed by atoms with Crippen LogP contribution in [0.5, 0.6) is 11.5 Å². The molecule has 4 rings (SSSR count). The molecule has 2 heterocycles. The molecule has 1 amide bonds. The van der Waals surface area contributed by atoms with Crippen LogP contribution in [0.2, 0.25) is 0 Å². The number of methoxy groups -OCH3 is 2. The van der Waals surface area contributed by atoms with Crippen LogP contribution in [-0.2, 0) is 20.7 Å². The topological polar surface area (TPSA) is 72.8 Å². The first kappa shape index (κ1) is 25.1. The number of benzene rings is 1. The van der Waals surface area contributed by atoms with E-state index in [1.165, 1.54) is 0 Å². The number of carbonyl (C=O) groups is 1. The molecule has 0 fully saturated rings. The van der Waals surface area contributed by atoms with Crippen LogP contribution in [0.1, 0.15) is 18.9 Å². The van der Waals surface area contributed by atoms with E-state index in [4.69, 9.17) is 18.9 Å². The zero-order valence-electron chi connectivity index (χ0n) is 20.7. The van der Waals surface area contributed by atoms with Gasteiger partial charge in [0.2, 0.25) is 6.79 Å². The summed E-state index contributed by atoms with van der Waals surface area (Å²) in [5.41, 5.74) is 4.02. The number of likely N-dealkylation sites (N-methyl/N-ethyl adjacent to an activating group) is 1. The number of amides is 1. The number of fused-ring (bicyclic) bond motifs is 2. The molecule has 0 saturated carbocycles. The van der Waals surface area contributed by atoms with E-state index in [1.54, 1.807) is 20.4 Å². The Labute approximate surface area is 214 Å². The molecule has 0 N–H and O–H groups in total. The zero-order valence-corrected chi connectivity index (χ0v) is 22.3. The highest BCUT2D eigenvalue weighted by molar-refractivity contribution is 9.12. The Morgan fingerprint density at radius 1 is 1.14 bits per heavy atom. The molecule has 35 heavy (non-hydrogen) atoms. The average molecular weight is 544 g/mol. The lowest BCUT2D eigenvalue weighted by Gasteiger charge is -2.29. The Kier molecular flexibility index (Phi) is 7.66. The van der Waals surface area contributed by atoms with Crippen molar-refractivity contribution in [2.24, 2.45) is 4.99 Å². The maximum Gasteiger partial charge on any atom is 0.255 e. The molecule has 1 aromatic carbocycles.